The number of thiophene rings is 1. The van der Waals surface area contributed by atoms with Crippen molar-refractivity contribution in [1.82, 2.24) is 4.90 Å². The van der Waals surface area contributed by atoms with E-state index < -0.39 is 5.91 Å². The molecule has 1 heterocycles. The van der Waals surface area contributed by atoms with Gasteiger partial charge in [-0.25, -0.2) is 0 Å². The van der Waals surface area contributed by atoms with Crippen molar-refractivity contribution in [2.45, 2.75) is 0 Å². The number of nitrogens with zero attached hydrogens (tertiary/aromatic N) is 1. The van der Waals surface area contributed by atoms with E-state index >= 15 is 0 Å². The lowest BCUT2D eigenvalue weighted by Gasteiger charge is -2.12. The van der Waals surface area contributed by atoms with E-state index in [2.05, 4.69) is 0 Å². The first-order valence-electron chi connectivity index (χ1n) is 4.35. The smallest absolute Gasteiger partial charge is 0.231 e. The maximum atomic E-state index is 11.7. The molecule has 0 spiro atoms. The van der Waals surface area contributed by atoms with Gasteiger partial charge in [-0.2, -0.15) is 0 Å². The van der Waals surface area contributed by atoms with Gasteiger partial charge < -0.3 is 5.73 Å². The maximum absolute atomic E-state index is 11.7. The van der Waals surface area contributed by atoms with E-state index in [0.29, 0.717) is 14.2 Å². The van der Waals surface area contributed by atoms with Gasteiger partial charge in [0.25, 0.3) is 0 Å². The Morgan fingerprint density at radius 2 is 2.06 bits per heavy atom. The molecule has 0 unspecified atom stereocenters. The Hall–Kier alpha value is -0.620. The van der Waals surface area contributed by atoms with Gasteiger partial charge >= 0.3 is 0 Å². The normalized spacial score (nSPS) is 10.8. The summed E-state index contributed by atoms with van der Waals surface area (Å²) in [6.45, 7) is 0.108. The average Bonchev–Trinajstić information content (AvgIpc) is 2.43. The fourth-order valence-electron chi connectivity index (χ4n) is 1.18. The summed E-state index contributed by atoms with van der Waals surface area (Å²) in [6.07, 6.45) is 0. The van der Waals surface area contributed by atoms with Crippen molar-refractivity contribution in [3.63, 3.8) is 0 Å². The summed E-state index contributed by atoms with van der Waals surface area (Å²) in [4.78, 5) is 23.9. The highest BCUT2D eigenvalue weighted by molar-refractivity contribution is 7.20. The number of likely N-dealkylation sites (N-methyl/N-ethyl adjacent to an activating group) is 1. The third-order valence-corrected chi connectivity index (χ3v) is 3.28. The van der Waals surface area contributed by atoms with Crippen LogP contribution in [0.2, 0.25) is 8.67 Å². The lowest BCUT2D eigenvalue weighted by Crippen LogP contribution is -2.34. The van der Waals surface area contributed by atoms with Crippen molar-refractivity contribution in [2.75, 3.05) is 20.1 Å². The second-order valence-corrected chi connectivity index (χ2v) is 5.59. The molecule has 1 rings (SSSR count). The molecule has 0 radical (unpaired) electrons. The summed E-state index contributed by atoms with van der Waals surface area (Å²) < 4.78 is 0.827. The molecule has 0 aliphatic heterocycles. The molecule has 7 heteroatoms. The van der Waals surface area contributed by atoms with Crippen molar-refractivity contribution in [2.24, 2.45) is 5.73 Å². The molecule has 0 atom stereocenters. The van der Waals surface area contributed by atoms with E-state index in [9.17, 15) is 9.59 Å². The van der Waals surface area contributed by atoms with Gasteiger partial charge in [0.1, 0.15) is 4.34 Å². The molecular weight excluding hydrogens is 271 g/mol. The first-order valence-corrected chi connectivity index (χ1v) is 5.92. The number of hydrogen-bond acceptors (Lipinski definition) is 4. The minimum absolute atomic E-state index is 0.0290. The number of nitrogens with two attached hydrogens (primary N) is 1. The van der Waals surface area contributed by atoms with Crippen LogP contribution in [0, 0.1) is 0 Å². The highest BCUT2D eigenvalue weighted by atomic mass is 35.5. The van der Waals surface area contributed by atoms with Crippen LogP contribution >= 0.6 is 34.5 Å². The van der Waals surface area contributed by atoms with Crippen molar-refractivity contribution >= 4 is 46.2 Å². The summed E-state index contributed by atoms with van der Waals surface area (Å²) in [5, 5.41) is 0. The predicted molar refractivity (Wildman–Crippen MR) is 65.4 cm³/mol. The number of Topliss-reactive ketones (excluding diaryl/α,β-unsaturated/α-hetero) is 1. The molecule has 2 N–H and O–H groups in total. The van der Waals surface area contributed by atoms with Gasteiger partial charge in [0.2, 0.25) is 5.91 Å². The molecule has 0 aliphatic rings. The Morgan fingerprint density at radius 1 is 1.44 bits per heavy atom. The van der Waals surface area contributed by atoms with Gasteiger partial charge in [-0.15, -0.1) is 11.3 Å². The average molecular weight is 281 g/mol. The van der Waals surface area contributed by atoms with Crippen LogP contribution in [0.5, 0.6) is 0 Å². The summed E-state index contributed by atoms with van der Waals surface area (Å²) in [5.41, 5.74) is 5.39. The quantitative estimate of drug-likeness (QED) is 0.835. The van der Waals surface area contributed by atoms with E-state index in [1.54, 1.807) is 7.05 Å². The molecule has 0 fully saturated rings. The molecule has 0 saturated carbocycles. The van der Waals surface area contributed by atoms with E-state index in [1.165, 1.54) is 11.0 Å². The number of ketones is 1. The van der Waals surface area contributed by atoms with Gasteiger partial charge in [0.15, 0.2) is 5.78 Å². The van der Waals surface area contributed by atoms with Crippen LogP contribution in [0.3, 0.4) is 0 Å². The molecule has 1 aromatic rings. The predicted octanol–water partition coefficient (Wildman–Crippen LogP) is 1.65. The third kappa shape index (κ3) is 3.75. The van der Waals surface area contributed by atoms with Crippen molar-refractivity contribution in [3.05, 3.63) is 20.3 Å². The van der Waals surface area contributed by atoms with E-state index in [1.807, 2.05) is 0 Å². The van der Waals surface area contributed by atoms with Crippen LogP contribution in [0.25, 0.3) is 0 Å². The SMILES string of the molecule is CN(CC(N)=O)CC(=O)c1cc(Cl)sc1Cl. The van der Waals surface area contributed by atoms with Crippen LogP contribution < -0.4 is 5.73 Å². The molecular formula is C9H10Cl2N2O2S. The van der Waals surface area contributed by atoms with Gasteiger partial charge in [-0.05, 0) is 13.1 Å². The Balaban J connectivity index is 2.65. The molecule has 88 valence electrons. The van der Waals surface area contributed by atoms with Gasteiger partial charge in [-0.3, -0.25) is 14.5 Å². The first-order chi connectivity index (χ1) is 7.40. The lowest BCUT2D eigenvalue weighted by atomic mass is 10.2. The lowest BCUT2D eigenvalue weighted by molar-refractivity contribution is -0.118. The number of halogens is 2. The molecule has 16 heavy (non-hydrogen) atoms. The second kappa shape index (κ2) is 5.63. The highest BCUT2D eigenvalue weighted by Gasteiger charge is 2.16. The highest BCUT2D eigenvalue weighted by Crippen LogP contribution is 2.31. The van der Waals surface area contributed by atoms with Gasteiger partial charge in [0.05, 0.1) is 23.0 Å². The first kappa shape index (κ1) is 13.4. The Morgan fingerprint density at radius 3 is 2.50 bits per heavy atom. The minimum atomic E-state index is -0.482. The van der Waals surface area contributed by atoms with Crippen molar-refractivity contribution in [3.8, 4) is 0 Å². The molecule has 0 aliphatic carbocycles. The van der Waals surface area contributed by atoms with Crippen LogP contribution in [0.1, 0.15) is 10.4 Å². The van der Waals surface area contributed by atoms with Crippen LogP contribution in [0.4, 0.5) is 0 Å². The zero-order valence-electron chi connectivity index (χ0n) is 8.50. The summed E-state index contributed by atoms with van der Waals surface area (Å²) in [6, 6.07) is 1.52. The number of hydrogen-bond donors (Lipinski definition) is 1. The van der Waals surface area contributed by atoms with Crippen LogP contribution in [-0.2, 0) is 4.79 Å². The molecule has 0 aromatic carbocycles. The minimum Gasteiger partial charge on any atom is -0.369 e. The summed E-state index contributed by atoms with van der Waals surface area (Å²) in [7, 11) is 1.63. The van der Waals surface area contributed by atoms with Crippen molar-refractivity contribution in [1.29, 1.82) is 0 Å². The number of rotatable bonds is 5. The van der Waals surface area contributed by atoms with Crippen LogP contribution in [-0.4, -0.2) is 36.7 Å². The topological polar surface area (TPSA) is 63.4 Å². The molecule has 0 bridgehead atoms. The number of carbonyl (C=O) groups is 2. The Labute approximate surface area is 107 Å². The molecule has 1 amide bonds. The van der Waals surface area contributed by atoms with Crippen molar-refractivity contribution < 1.29 is 9.59 Å². The molecule has 0 saturated heterocycles. The van der Waals surface area contributed by atoms with Gasteiger partial charge in [0, 0.05) is 0 Å². The monoisotopic (exact) mass is 280 g/mol. The number of primary amides is 1. The van der Waals surface area contributed by atoms with E-state index in [4.69, 9.17) is 28.9 Å². The second-order valence-electron chi connectivity index (χ2n) is 3.30. The fourth-order valence-corrected chi connectivity index (χ4v) is 2.68. The fraction of sp³-hybridized carbons (Fsp3) is 0.333. The zero-order chi connectivity index (χ0) is 12.3. The Bertz CT molecular complexity index is 420. The standard InChI is InChI=1S/C9H10Cl2N2O2S/c1-13(4-8(12)15)3-6(14)5-2-7(10)16-9(5)11/h2H,3-4H2,1H3,(H2,12,15). The van der Waals surface area contributed by atoms with Gasteiger partial charge in [-0.1, -0.05) is 23.2 Å². The largest absolute Gasteiger partial charge is 0.369 e. The molecule has 1 aromatic heterocycles. The maximum Gasteiger partial charge on any atom is 0.231 e. The summed E-state index contributed by atoms with van der Waals surface area (Å²) >= 11 is 12.7. The van der Waals surface area contributed by atoms with E-state index in [-0.39, 0.29) is 18.9 Å². The zero-order valence-corrected chi connectivity index (χ0v) is 10.8. The van der Waals surface area contributed by atoms with E-state index in [0.717, 1.165) is 11.3 Å². The third-order valence-electron chi connectivity index (χ3n) is 1.80. The number of carbonyl (C=O) groups excluding carboxylic acids is 2. The molecule has 4 nitrogen and oxygen atoms in total. The summed E-state index contributed by atoms with van der Waals surface area (Å²) in [5.74, 6) is -0.665. The van der Waals surface area contributed by atoms with Crippen LogP contribution in [0.15, 0.2) is 6.07 Å². The number of amides is 1. The Kier molecular flexibility index (Phi) is 4.73.